The van der Waals surface area contributed by atoms with Crippen LogP contribution < -0.4 is 9.62 Å². The summed E-state index contributed by atoms with van der Waals surface area (Å²) in [6, 6.07) is 12.2. The highest BCUT2D eigenvalue weighted by molar-refractivity contribution is 7.88. The van der Waals surface area contributed by atoms with Gasteiger partial charge in [0, 0.05) is 18.7 Å². The molecule has 1 aliphatic heterocycles. The summed E-state index contributed by atoms with van der Waals surface area (Å²) in [5, 5.41) is 4.04. The lowest BCUT2D eigenvalue weighted by Crippen LogP contribution is -2.48. The first kappa shape index (κ1) is 20.4. The number of nitrogens with zero attached hydrogens (tertiary/aromatic N) is 2. The van der Waals surface area contributed by atoms with Crippen LogP contribution in [0, 0.1) is 0 Å². The van der Waals surface area contributed by atoms with Crippen molar-refractivity contribution in [3.63, 3.8) is 0 Å². The average molecular weight is 420 g/mol. The molecule has 0 bridgehead atoms. The number of hydrogen-bond acceptors (Lipinski definition) is 6. The number of hydrogen-bond donors (Lipinski definition) is 1. The Balaban J connectivity index is 1.36. The third kappa shape index (κ3) is 5.18. The molecule has 7 nitrogen and oxygen atoms in total. The lowest BCUT2D eigenvalue weighted by molar-refractivity contribution is 0.0156. The van der Waals surface area contributed by atoms with Gasteiger partial charge in [-0.25, -0.2) is 13.1 Å². The van der Waals surface area contributed by atoms with Crippen molar-refractivity contribution in [3.8, 4) is 0 Å². The van der Waals surface area contributed by atoms with Crippen molar-refractivity contribution in [2.24, 2.45) is 0 Å². The van der Waals surface area contributed by atoms with Gasteiger partial charge in [0.25, 0.3) is 0 Å². The minimum atomic E-state index is -3.29. The molecule has 0 amide bonds. The molecule has 0 unspecified atom stereocenters. The molecule has 1 aromatic carbocycles. The Morgan fingerprint density at radius 2 is 1.90 bits per heavy atom. The Bertz CT molecular complexity index is 865. The Hall–Kier alpha value is -1.90. The standard InChI is InChI=1S/C21H29N3O4S/c1-29(25,26)23-19-11-13-24(21-12-14-28-22-21)20(19)15-27-18-9-7-17(8-10-18)16-5-3-2-4-6-16/h2-6,12,14,17-20,23H,7-11,13,15H2,1H3/t17-,18+,19-,20-/m0/s1. The van der Waals surface area contributed by atoms with Crippen LogP contribution in [0.1, 0.15) is 43.6 Å². The highest BCUT2D eigenvalue weighted by atomic mass is 32.2. The molecule has 2 aromatic rings. The number of nitrogens with one attached hydrogen (secondary N) is 1. The van der Waals surface area contributed by atoms with Crippen LogP contribution in [0.3, 0.4) is 0 Å². The molecular formula is C21H29N3O4S. The number of anilines is 1. The van der Waals surface area contributed by atoms with E-state index in [0.29, 0.717) is 25.5 Å². The Morgan fingerprint density at radius 3 is 2.55 bits per heavy atom. The van der Waals surface area contributed by atoms with Crippen LogP contribution in [0.5, 0.6) is 0 Å². The van der Waals surface area contributed by atoms with Crippen molar-refractivity contribution in [2.45, 2.75) is 56.2 Å². The van der Waals surface area contributed by atoms with Crippen molar-refractivity contribution in [1.82, 2.24) is 9.88 Å². The maximum absolute atomic E-state index is 11.8. The third-order valence-corrected chi connectivity index (χ3v) is 6.81. The van der Waals surface area contributed by atoms with Gasteiger partial charge in [-0.3, -0.25) is 0 Å². The summed E-state index contributed by atoms with van der Waals surface area (Å²) >= 11 is 0. The first-order valence-corrected chi connectivity index (χ1v) is 12.2. The molecule has 4 rings (SSSR count). The van der Waals surface area contributed by atoms with Gasteiger partial charge in [-0.1, -0.05) is 35.5 Å². The lowest BCUT2D eigenvalue weighted by Gasteiger charge is -2.32. The molecule has 1 aliphatic carbocycles. The molecule has 2 atom stereocenters. The van der Waals surface area contributed by atoms with Crippen LogP contribution in [0.2, 0.25) is 0 Å². The van der Waals surface area contributed by atoms with Crippen LogP contribution >= 0.6 is 0 Å². The maximum atomic E-state index is 11.8. The van der Waals surface area contributed by atoms with Gasteiger partial charge in [0.2, 0.25) is 10.0 Å². The second-order valence-corrected chi connectivity index (χ2v) is 9.90. The largest absolute Gasteiger partial charge is 0.376 e. The van der Waals surface area contributed by atoms with E-state index in [-0.39, 0.29) is 18.2 Å². The molecule has 8 heteroatoms. The Kier molecular flexibility index (Phi) is 6.22. The van der Waals surface area contributed by atoms with Crippen molar-refractivity contribution in [3.05, 3.63) is 48.2 Å². The van der Waals surface area contributed by atoms with Gasteiger partial charge in [-0.05, 0) is 43.6 Å². The smallest absolute Gasteiger partial charge is 0.209 e. The fraction of sp³-hybridized carbons (Fsp3) is 0.571. The number of ether oxygens (including phenoxy) is 1. The zero-order valence-electron chi connectivity index (χ0n) is 16.7. The summed E-state index contributed by atoms with van der Waals surface area (Å²) in [5.74, 6) is 1.33. The molecule has 0 spiro atoms. The van der Waals surface area contributed by atoms with E-state index >= 15 is 0 Å². The summed E-state index contributed by atoms with van der Waals surface area (Å²) in [6.45, 7) is 1.19. The zero-order chi connectivity index (χ0) is 20.3. The third-order valence-electron chi connectivity index (χ3n) is 6.08. The Morgan fingerprint density at radius 1 is 1.14 bits per heavy atom. The van der Waals surface area contributed by atoms with Crippen molar-refractivity contribution in [1.29, 1.82) is 0 Å². The summed E-state index contributed by atoms with van der Waals surface area (Å²) in [4.78, 5) is 2.09. The fourth-order valence-electron chi connectivity index (χ4n) is 4.63. The van der Waals surface area contributed by atoms with E-state index in [1.165, 1.54) is 18.1 Å². The minimum Gasteiger partial charge on any atom is -0.376 e. The van der Waals surface area contributed by atoms with Crippen molar-refractivity contribution in [2.75, 3.05) is 24.3 Å². The minimum absolute atomic E-state index is 0.0957. The summed E-state index contributed by atoms with van der Waals surface area (Å²) in [5.41, 5.74) is 1.41. The van der Waals surface area contributed by atoms with Gasteiger partial charge in [0.05, 0.1) is 25.0 Å². The van der Waals surface area contributed by atoms with Gasteiger partial charge in [-0.2, -0.15) is 0 Å². The molecule has 158 valence electrons. The second kappa shape index (κ2) is 8.85. The molecule has 29 heavy (non-hydrogen) atoms. The van der Waals surface area contributed by atoms with Gasteiger partial charge >= 0.3 is 0 Å². The molecule has 1 aromatic heterocycles. The molecule has 2 aliphatic rings. The first-order chi connectivity index (χ1) is 14.0. The Labute approximate surface area is 172 Å². The molecule has 2 heterocycles. The van der Waals surface area contributed by atoms with E-state index < -0.39 is 10.0 Å². The van der Waals surface area contributed by atoms with E-state index in [1.807, 2.05) is 0 Å². The quantitative estimate of drug-likeness (QED) is 0.743. The summed E-state index contributed by atoms with van der Waals surface area (Å²) < 4.78 is 37.6. The van der Waals surface area contributed by atoms with Crippen molar-refractivity contribution < 1.29 is 17.7 Å². The number of rotatable bonds is 7. The number of aromatic nitrogens is 1. The van der Waals surface area contributed by atoms with Gasteiger partial charge in [0.1, 0.15) is 6.26 Å². The predicted octanol–water partition coefficient (Wildman–Crippen LogP) is 2.91. The molecule has 0 radical (unpaired) electrons. The second-order valence-electron chi connectivity index (χ2n) is 8.12. The SMILES string of the molecule is CS(=O)(=O)N[C@H]1CCN(c2ccon2)[C@H]1CO[C@H]1CC[C@@H](c2ccccc2)CC1. The normalized spacial score (nSPS) is 28.0. The topological polar surface area (TPSA) is 84.7 Å². The molecule has 2 fully saturated rings. The zero-order valence-corrected chi connectivity index (χ0v) is 17.6. The van der Waals surface area contributed by atoms with E-state index in [2.05, 4.69) is 45.1 Å². The van der Waals surface area contributed by atoms with E-state index in [1.54, 1.807) is 6.07 Å². The van der Waals surface area contributed by atoms with Crippen LogP contribution in [0.4, 0.5) is 5.82 Å². The number of benzene rings is 1. The van der Waals surface area contributed by atoms with Gasteiger partial charge in [0.15, 0.2) is 5.82 Å². The molecule has 1 saturated heterocycles. The molecule has 1 saturated carbocycles. The predicted molar refractivity (Wildman–Crippen MR) is 111 cm³/mol. The molecule has 1 N–H and O–H groups in total. The van der Waals surface area contributed by atoms with Crippen LogP contribution in [-0.2, 0) is 14.8 Å². The highest BCUT2D eigenvalue weighted by Gasteiger charge is 2.38. The lowest BCUT2D eigenvalue weighted by atomic mass is 9.83. The summed E-state index contributed by atoms with van der Waals surface area (Å²) in [6.07, 6.45) is 7.97. The average Bonchev–Trinajstić information content (AvgIpc) is 3.36. The van der Waals surface area contributed by atoms with Crippen LogP contribution in [0.15, 0.2) is 47.2 Å². The van der Waals surface area contributed by atoms with Crippen molar-refractivity contribution >= 4 is 15.8 Å². The highest BCUT2D eigenvalue weighted by Crippen LogP contribution is 2.34. The van der Waals surface area contributed by atoms with Gasteiger partial charge in [-0.15, -0.1) is 0 Å². The molecular weight excluding hydrogens is 390 g/mol. The monoisotopic (exact) mass is 419 g/mol. The fourth-order valence-corrected chi connectivity index (χ4v) is 5.46. The first-order valence-electron chi connectivity index (χ1n) is 10.3. The van der Waals surface area contributed by atoms with E-state index in [0.717, 1.165) is 31.5 Å². The number of sulfonamides is 1. The van der Waals surface area contributed by atoms with E-state index in [9.17, 15) is 8.42 Å². The van der Waals surface area contributed by atoms with E-state index in [4.69, 9.17) is 9.26 Å². The maximum Gasteiger partial charge on any atom is 0.209 e. The van der Waals surface area contributed by atoms with Crippen LogP contribution in [-0.4, -0.2) is 51.2 Å². The van der Waals surface area contributed by atoms with Crippen LogP contribution in [0.25, 0.3) is 0 Å². The van der Waals surface area contributed by atoms with Gasteiger partial charge < -0.3 is 14.2 Å². The summed E-state index contributed by atoms with van der Waals surface area (Å²) in [7, 11) is -3.29.